The van der Waals surface area contributed by atoms with Crippen molar-refractivity contribution in [3.63, 3.8) is 0 Å². The van der Waals surface area contributed by atoms with Crippen LogP contribution in [0.4, 0.5) is 5.69 Å². The van der Waals surface area contributed by atoms with Crippen molar-refractivity contribution in [1.29, 1.82) is 0 Å². The Kier molecular flexibility index (Phi) is 5.92. The first kappa shape index (κ1) is 19.8. The van der Waals surface area contributed by atoms with Crippen LogP contribution in [0.2, 0.25) is 10.0 Å². The van der Waals surface area contributed by atoms with Crippen LogP contribution in [0.25, 0.3) is 17.0 Å². The van der Waals surface area contributed by atoms with E-state index >= 15 is 0 Å². The number of aromatic carboxylic acids is 1. The molecule has 0 fully saturated rings. The standard InChI is InChI=1S/C20H16Cl2N2O4/c1-2-28-13-5-3-12(4-6-13)23-17(25)8-7-14-18-15(22)9-11(21)10-16(18)24-19(14)20(26)27/h3-10,24H,2H2,1H3,(H,23,25)(H,26,27). The van der Waals surface area contributed by atoms with Gasteiger partial charge in [-0.15, -0.1) is 0 Å². The number of carbonyl (C=O) groups excluding carboxylic acids is 1. The van der Waals surface area contributed by atoms with Gasteiger partial charge < -0.3 is 20.1 Å². The van der Waals surface area contributed by atoms with Gasteiger partial charge in [0.05, 0.1) is 11.6 Å². The number of aromatic amines is 1. The average Bonchev–Trinajstić information content (AvgIpc) is 3.01. The van der Waals surface area contributed by atoms with E-state index in [4.69, 9.17) is 27.9 Å². The van der Waals surface area contributed by atoms with Gasteiger partial charge in [-0.25, -0.2) is 4.79 Å². The lowest BCUT2D eigenvalue weighted by atomic mass is 10.1. The van der Waals surface area contributed by atoms with Crippen molar-refractivity contribution < 1.29 is 19.4 Å². The molecular weight excluding hydrogens is 403 g/mol. The van der Waals surface area contributed by atoms with E-state index in [0.717, 1.165) is 0 Å². The minimum absolute atomic E-state index is 0.0794. The average molecular weight is 419 g/mol. The van der Waals surface area contributed by atoms with Gasteiger partial charge in [0.25, 0.3) is 0 Å². The molecule has 0 aliphatic heterocycles. The molecule has 3 aromatic rings. The summed E-state index contributed by atoms with van der Waals surface area (Å²) in [6.07, 6.45) is 2.66. The number of hydrogen-bond acceptors (Lipinski definition) is 3. The molecule has 6 nitrogen and oxygen atoms in total. The number of ether oxygens (including phenoxy) is 1. The van der Waals surface area contributed by atoms with E-state index < -0.39 is 11.9 Å². The smallest absolute Gasteiger partial charge is 0.352 e. The Morgan fingerprint density at radius 3 is 2.57 bits per heavy atom. The quantitative estimate of drug-likeness (QED) is 0.478. The number of H-pyrrole nitrogens is 1. The predicted octanol–water partition coefficient (Wildman–Crippen LogP) is 5.22. The van der Waals surface area contributed by atoms with E-state index in [9.17, 15) is 14.7 Å². The molecule has 0 saturated carbocycles. The Morgan fingerprint density at radius 2 is 1.93 bits per heavy atom. The Balaban J connectivity index is 1.86. The second-order valence-corrected chi connectivity index (χ2v) is 6.65. The molecule has 1 amide bonds. The normalized spacial score (nSPS) is 11.1. The topological polar surface area (TPSA) is 91.4 Å². The maximum atomic E-state index is 12.2. The van der Waals surface area contributed by atoms with Crippen LogP contribution in [-0.4, -0.2) is 28.6 Å². The van der Waals surface area contributed by atoms with Crippen LogP contribution in [0, 0.1) is 0 Å². The molecule has 0 unspecified atom stereocenters. The number of halogens is 2. The summed E-state index contributed by atoms with van der Waals surface area (Å²) >= 11 is 12.2. The molecule has 0 bridgehead atoms. The van der Waals surface area contributed by atoms with Gasteiger partial charge >= 0.3 is 5.97 Å². The number of fused-ring (bicyclic) bond motifs is 1. The maximum Gasteiger partial charge on any atom is 0.352 e. The van der Waals surface area contributed by atoms with Crippen LogP contribution < -0.4 is 10.1 Å². The first-order valence-electron chi connectivity index (χ1n) is 8.35. The number of carboxylic acid groups (broad SMARTS) is 1. The van der Waals surface area contributed by atoms with Crippen molar-refractivity contribution >= 4 is 57.7 Å². The van der Waals surface area contributed by atoms with Crippen molar-refractivity contribution in [2.24, 2.45) is 0 Å². The molecule has 28 heavy (non-hydrogen) atoms. The Bertz CT molecular complexity index is 1070. The Morgan fingerprint density at radius 1 is 1.21 bits per heavy atom. The number of hydrogen-bond donors (Lipinski definition) is 3. The highest BCUT2D eigenvalue weighted by atomic mass is 35.5. The minimum Gasteiger partial charge on any atom is -0.494 e. The zero-order chi connectivity index (χ0) is 20.3. The lowest BCUT2D eigenvalue weighted by molar-refractivity contribution is -0.111. The molecule has 1 heterocycles. The van der Waals surface area contributed by atoms with Crippen LogP contribution in [0.1, 0.15) is 23.0 Å². The van der Waals surface area contributed by atoms with Crippen molar-refractivity contribution in [3.05, 3.63) is 63.8 Å². The highest BCUT2D eigenvalue weighted by Gasteiger charge is 2.18. The fourth-order valence-corrected chi connectivity index (χ4v) is 3.35. The molecule has 8 heteroatoms. The monoisotopic (exact) mass is 418 g/mol. The second kappa shape index (κ2) is 8.37. The van der Waals surface area contributed by atoms with Gasteiger partial charge in [-0.1, -0.05) is 23.2 Å². The number of amides is 1. The molecule has 1 aromatic heterocycles. The summed E-state index contributed by atoms with van der Waals surface area (Å²) in [6, 6.07) is 10.0. The third-order valence-corrected chi connectivity index (χ3v) is 4.42. The molecule has 144 valence electrons. The summed E-state index contributed by atoms with van der Waals surface area (Å²) < 4.78 is 5.35. The maximum absolute atomic E-state index is 12.2. The van der Waals surface area contributed by atoms with Gasteiger partial charge in [0.15, 0.2) is 0 Å². The molecular formula is C20H16Cl2N2O4. The molecule has 3 rings (SSSR count). The third-order valence-electron chi connectivity index (χ3n) is 3.90. The summed E-state index contributed by atoms with van der Waals surface area (Å²) in [6.45, 7) is 2.44. The molecule has 0 atom stereocenters. The summed E-state index contributed by atoms with van der Waals surface area (Å²) in [5.74, 6) is -0.885. The Labute approximate surface area is 170 Å². The van der Waals surface area contributed by atoms with E-state index in [2.05, 4.69) is 10.3 Å². The van der Waals surface area contributed by atoms with Crippen molar-refractivity contribution in [2.45, 2.75) is 6.92 Å². The molecule has 2 aromatic carbocycles. The van der Waals surface area contributed by atoms with Gasteiger partial charge in [-0.05, 0) is 49.4 Å². The molecule has 0 spiro atoms. The molecule has 0 radical (unpaired) electrons. The van der Waals surface area contributed by atoms with Crippen LogP contribution in [0.3, 0.4) is 0 Å². The number of anilines is 1. The lowest BCUT2D eigenvalue weighted by Crippen LogP contribution is -2.08. The third kappa shape index (κ3) is 4.30. The van der Waals surface area contributed by atoms with E-state index in [1.807, 2.05) is 6.92 Å². The number of carbonyl (C=O) groups is 2. The first-order chi connectivity index (χ1) is 13.4. The van der Waals surface area contributed by atoms with Crippen molar-refractivity contribution in [1.82, 2.24) is 4.98 Å². The fraction of sp³-hybridized carbons (Fsp3) is 0.100. The molecule has 0 aliphatic carbocycles. The van der Waals surface area contributed by atoms with E-state index in [1.54, 1.807) is 30.3 Å². The van der Waals surface area contributed by atoms with E-state index in [0.29, 0.717) is 39.5 Å². The van der Waals surface area contributed by atoms with Crippen molar-refractivity contribution in [2.75, 3.05) is 11.9 Å². The zero-order valence-corrected chi connectivity index (χ0v) is 16.3. The van der Waals surface area contributed by atoms with Crippen LogP contribution >= 0.6 is 23.2 Å². The van der Waals surface area contributed by atoms with Crippen molar-refractivity contribution in [3.8, 4) is 5.75 Å². The SMILES string of the molecule is CCOc1ccc(NC(=O)C=Cc2c(C(=O)O)[nH]c3cc(Cl)cc(Cl)c23)cc1. The lowest BCUT2D eigenvalue weighted by Gasteiger charge is -2.05. The van der Waals surface area contributed by atoms with Gasteiger partial charge in [0.1, 0.15) is 11.4 Å². The summed E-state index contributed by atoms with van der Waals surface area (Å²) in [5.41, 5.74) is 1.28. The number of aromatic nitrogens is 1. The second-order valence-electron chi connectivity index (χ2n) is 5.81. The number of rotatable bonds is 6. The summed E-state index contributed by atoms with van der Waals surface area (Å²) in [5, 5.41) is 13.3. The number of carboxylic acids is 1. The van der Waals surface area contributed by atoms with Gasteiger partial charge in [-0.3, -0.25) is 4.79 Å². The summed E-state index contributed by atoms with van der Waals surface area (Å²) in [7, 11) is 0. The number of benzene rings is 2. The van der Waals surface area contributed by atoms with Gasteiger partial charge in [0.2, 0.25) is 5.91 Å². The summed E-state index contributed by atoms with van der Waals surface area (Å²) in [4.78, 5) is 26.6. The molecule has 3 N–H and O–H groups in total. The van der Waals surface area contributed by atoms with Crippen LogP contribution in [0.5, 0.6) is 5.75 Å². The molecule has 0 aliphatic rings. The van der Waals surface area contributed by atoms with E-state index in [1.165, 1.54) is 18.2 Å². The molecule has 0 saturated heterocycles. The first-order valence-corrected chi connectivity index (χ1v) is 9.10. The zero-order valence-electron chi connectivity index (χ0n) is 14.8. The van der Waals surface area contributed by atoms with Crippen LogP contribution in [0.15, 0.2) is 42.5 Å². The highest BCUT2D eigenvalue weighted by molar-refractivity contribution is 6.39. The van der Waals surface area contributed by atoms with Gasteiger partial charge in [-0.2, -0.15) is 0 Å². The highest BCUT2D eigenvalue weighted by Crippen LogP contribution is 2.33. The predicted molar refractivity (Wildman–Crippen MR) is 111 cm³/mol. The largest absolute Gasteiger partial charge is 0.494 e. The Hall–Kier alpha value is -2.96. The fourth-order valence-electron chi connectivity index (χ4n) is 2.75. The van der Waals surface area contributed by atoms with Gasteiger partial charge in [0, 0.05) is 33.3 Å². The number of nitrogens with one attached hydrogen (secondary N) is 2. The van der Waals surface area contributed by atoms with Crippen LogP contribution in [-0.2, 0) is 4.79 Å². The van der Waals surface area contributed by atoms with E-state index in [-0.39, 0.29) is 10.7 Å². The minimum atomic E-state index is -1.17.